The number of rotatable bonds is 5. The smallest absolute Gasteiger partial charge is 0.150 e. The van der Waals surface area contributed by atoms with Crippen molar-refractivity contribution >= 4 is 9.84 Å². The summed E-state index contributed by atoms with van der Waals surface area (Å²) in [4.78, 5) is 0. The third-order valence-electron chi connectivity index (χ3n) is 5.13. The summed E-state index contributed by atoms with van der Waals surface area (Å²) in [5.41, 5.74) is 0. The summed E-state index contributed by atoms with van der Waals surface area (Å²) in [6.07, 6.45) is 10.8. The van der Waals surface area contributed by atoms with Crippen molar-refractivity contribution < 1.29 is 8.42 Å². The second kappa shape index (κ2) is 6.57. The van der Waals surface area contributed by atoms with Crippen LogP contribution in [-0.2, 0) is 9.84 Å². The molecule has 3 unspecified atom stereocenters. The summed E-state index contributed by atoms with van der Waals surface area (Å²) in [6.45, 7) is 3.17. The molecule has 2 fully saturated rings. The van der Waals surface area contributed by atoms with Crippen LogP contribution in [0.1, 0.15) is 58.3 Å². The molecule has 0 saturated heterocycles. The van der Waals surface area contributed by atoms with Gasteiger partial charge in [0.2, 0.25) is 0 Å². The van der Waals surface area contributed by atoms with E-state index in [9.17, 15) is 8.42 Å². The van der Waals surface area contributed by atoms with Gasteiger partial charge in [-0.05, 0) is 50.5 Å². The van der Waals surface area contributed by atoms with Gasteiger partial charge in [-0.15, -0.1) is 0 Å². The summed E-state index contributed by atoms with van der Waals surface area (Å²) in [5, 5.41) is 3.58. The molecule has 2 saturated carbocycles. The highest BCUT2D eigenvalue weighted by Gasteiger charge is 2.36. The maximum atomic E-state index is 11.8. The first-order valence-corrected chi connectivity index (χ1v) is 9.90. The lowest BCUT2D eigenvalue weighted by Gasteiger charge is -2.37. The fourth-order valence-electron chi connectivity index (χ4n) is 4.17. The molecule has 0 aliphatic heterocycles. The predicted octanol–water partition coefficient (Wildman–Crippen LogP) is 2.76. The average Bonchev–Trinajstić information content (AvgIpc) is 2.88. The van der Waals surface area contributed by atoms with Crippen molar-refractivity contribution in [3.63, 3.8) is 0 Å². The number of hydrogen-bond donors (Lipinski definition) is 1. The predicted molar refractivity (Wildman–Crippen MR) is 80.0 cm³/mol. The quantitative estimate of drug-likeness (QED) is 0.845. The van der Waals surface area contributed by atoms with Gasteiger partial charge < -0.3 is 5.32 Å². The molecule has 0 spiro atoms. The molecule has 0 bridgehead atoms. The molecular formula is C15H29NO2S. The standard InChI is InChI=1S/C15H29NO2S/c1-3-16-15(12-7-4-5-8-12)13-9-6-10-14(11-13)19(2,17)18/h12-16H,3-11H2,1-2H3. The molecule has 19 heavy (non-hydrogen) atoms. The van der Waals surface area contributed by atoms with E-state index in [1.807, 2.05) is 0 Å². The minimum atomic E-state index is -2.86. The second-order valence-corrected chi connectivity index (χ2v) is 8.83. The lowest BCUT2D eigenvalue weighted by Crippen LogP contribution is -2.44. The van der Waals surface area contributed by atoms with Crippen LogP contribution in [0.15, 0.2) is 0 Å². The highest BCUT2D eigenvalue weighted by atomic mass is 32.2. The molecule has 1 N–H and O–H groups in total. The normalized spacial score (nSPS) is 31.5. The van der Waals surface area contributed by atoms with Crippen molar-refractivity contribution in [1.29, 1.82) is 0 Å². The first-order valence-electron chi connectivity index (χ1n) is 7.94. The van der Waals surface area contributed by atoms with E-state index in [4.69, 9.17) is 0 Å². The maximum absolute atomic E-state index is 11.8. The van der Waals surface area contributed by atoms with Crippen molar-refractivity contribution in [3.05, 3.63) is 0 Å². The SMILES string of the molecule is CCNC(C1CCCC1)C1CCCC(S(C)(=O)=O)C1. The summed E-state index contributed by atoms with van der Waals surface area (Å²) in [6, 6.07) is 0.553. The molecule has 3 atom stereocenters. The van der Waals surface area contributed by atoms with E-state index < -0.39 is 9.84 Å². The first-order chi connectivity index (χ1) is 9.02. The zero-order valence-corrected chi connectivity index (χ0v) is 13.2. The Kier molecular flexibility index (Phi) is 5.29. The third-order valence-corrected chi connectivity index (χ3v) is 6.77. The summed E-state index contributed by atoms with van der Waals surface area (Å²) in [5.74, 6) is 1.35. The van der Waals surface area contributed by atoms with Gasteiger partial charge >= 0.3 is 0 Å². The largest absolute Gasteiger partial charge is 0.314 e. The van der Waals surface area contributed by atoms with Gasteiger partial charge in [0.1, 0.15) is 9.84 Å². The van der Waals surface area contributed by atoms with Gasteiger partial charge in [0, 0.05) is 12.3 Å². The van der Waals surface area contributed by atoms with Crippen LogP contribution in [0.4, 0.5) is 0 Å². The number of nitrogens with one attached hydrogen (secondary N) is 1. The summed E-state index contributed by atoms with van der Waals surface area (Å²) in [7, 11) is -2.86. The molecule has 0 radical (unpaired) electrons. The molecule has 2 aliphatic rings. The van der Waals surface area contributed by atoms with Crippen LogP contribution < -0.4 is 5.32 Å². The lowest BCUT2D eigenvalue weighted by molar-refractivity contribution is 0.211. The Balaban J connectivity index is 2.04. The van der Waals surface area contributed by atoms with E-state index in [0.717, 1.165) is 31.7 Å². The van der Waals surface area contributed by atoms with Gasteiger partial charge in [0.15, 0.2) is 0 Å². The topological polar surface area (TPSA) is 46.2 Å². The Hall–Kier alpha value is -0.0900. The Morgan fingerprint density at radius 3 is 2.26 bits per heavy atom. The van der Waals surface area contributed by atoms with E-state index in [0.29, 0.717) is 12.0 Å². The zero-order valence-electron chi connectivity index (χ0n) is 12.4. The van der Waals surface area contributed by atoms with Gasteiger partial charge in [-0.25, -0.2) is 8.42 Å². The highest BCUT2D eigenvalue weighted by Crippen LogP contribution is 2.37. The molecule has 0 aromatic rings. The summed E-state index contributed by atoms with van der Waals surface area (Å²) >= 11 is 0. The van der Waals surface area contributed by atoms with Crippen molar-refractivity contribution in [1.82, 2.24) is 5.32 Å². The van der Waals surface area contributed by atoms with Crippen LogP contribution in [-0.4, -0.2) is 32.5 Å². The van der Waals surface area contributed by atoms with Crippen LogP contribution in [0.3, 0.4) is 0 Å². The van der Waals surface area contributed by atoms with Crippen LogP contribution in [0, 0.1) is 11.8 Å². The molecule has 4 heteroatoms. The Labute approximate surface area is 118 Å². The van der Waals surface area contributed by atoms with Crippen molar-refractivity contribution in [2.75, 3.05) is 12.8 Å². The van der Waals surface area contributed by atoms with Crippen LogP contribution in [0.2, 0.25) is 0 Å². The third kappa shape index (κ3) is 3.94. The lowest BCUT2D eigenvalue weighted by atomic mass is 9.78. The Bertz CT molecular complexity index is 374. The van der Waals surface area contributed by atoms with Crippen molar-refractivity contribution in [3.8, 4) is 0 Å². The maximum Gasteiger partial charge on any atom is 0.150 e. The van der Waals surface area contributed by atoms with E-state index in [1.165, 1.54) is 38.4 Å². The fraction of sp³-hybridized carbons (Fsp3) is 1.00. The van der Waals surface area contributed by atoms with Crippen LogP contribution >= 0.6 is 0 Å². The number of sulfone groups is 1. The van der Waals surface area contributed by atoms with Gasteiger partial charge in [-0.1, -0.05) is 26.2 Å². The molecule has 3 nitrogen and oxygen atoms in total. The molecule has 2 aliphatic carbocycles. The Morgan fingerprint density at radius 2 is 1.68 bits per heavy atom. The van der Waals surface area contributed by atoms with Crippen molar-refractivity contribution in [2.45, 2.75) is 69.6 Å². The molecule has 0 aromatic heterocycles. The average molecular weight is 287 g/mol. The van der Waals surface area contributed by atoms with Crippen molar-refractivity contribution in [2.24, 2.45) is 11.8 Å². The van der Waals surface area contributed by atoms with E-state index in [1.54, 1.807) is 0 Å². The van der Waals surface area contributed by atoms with Crippen LogP contribution in [0.25, 0.3) is 0 Å². The van der Waals surface area contributed by atoms with Gasteiger partial charge in [0.05, 0.1) is 5.25 Å². The molecule has 0 amide bonds. The van der Waals surface area contributed by atoms with Gasteiger partial charge in [-0.3, -0.25) is 0 Å². The molecule has 0 heterocycles. The van der Waals surface area contributed by atoms with E-state index in [-0.39, 0.29) is 5.25 Å². The fourth-order valence-corrected chi connectivity index (χ4v) is 5.36. The minimum absolute atomic E-state index is 0.0891. The highest BCUT2D eigenvalue weighted by molar-refractivity contribution is 7.91. The van der Waals surface area contributed by atoms with Gasteiger partial charge in [-0.2, -0.15) is 0 Å². The van der Waals surface area contributed by atoms with Crippen LogP contribution in [0.5, 0.6) is 0 Å². The Morgan fingerprint density at radius 1 is 1.05 bits per heavy atom. The second-order valence-electron chi connectivity index (χ2n) is 6.51. The van der Waals surface area contributed by atoms with Gasteiger partial charge in [0.25, 0.3) is 0 Å². The molecular weight excluding hydrogens is 258 g/mol. The number of hydrogen-bond acceptors (Lipinski definition) is 3. The van der Waals surface area contributed by atoms with E-state index >= 15 is 0 Å². The summed E-state index contributed by atoms with van der Waals surface area (Å²) < 4.78 is 23.6. The zero-order chi connectivity index (χ0) is 13.9. The minimum Gasteiger partial charge on any atom is -0.314 e. The first kappa shape index (κ1) is 15.3. The van der Waals surface area contributed by atoms with E-state index in [2.05, 4.69) is 12.2 Å². The molecule has 112 valence electrons. The molecule has 2 rings (SSSR count). The molecule has 0 aromatic carbocycles. The monoisotopic (exact) mass is 287 g/mol.